The number of aliphatic hydroxyl groups excluding tert-OH is 3. The third-order valence-electron chi connectivity index (χ3n) is 12.9. The molecule has 0 aliphatic heterocycles. The first-order chi connectivity index (χ1) is 28.5. The normalized spacial score (nSPS) is 13.3. The lowest BCUT2D eigenvalue weighted by Crippen LogP contribution is -2.46. The summed E-state index contributed by atoms with van der Waals surface area (Å²) >= 11 is 0. The minimum absolute atomic E-state index is 0.0435. The molecule has 0 saturated carbocycles. The number of unbranched alkanes of at least 4 members (excludes halogenated alkanes) is 41. The summed E-state index contributed by atoms with van der Waals surface area (Å²) in [6.07, 6.45) is 58.2. The largest absolute Gasteiger partial charge is 0.394 e. The molecule has 0 bridgehead atoms. The van der Waals surface area contributed by atoms with Gasteiger partial charge in [0.1, 0.15) is 0 Å². The number of carbonyl (C=O) groups excluding carboxylic acids is 1. The molecular formula is C53H107NO4. The topological polar surface area (TPSA) is 89.8 Å². The van der Waals surface area contributed by atoms with Crippen LogP contribution in [0.2, 0.25) is 0 Å². The van der Waals surface area contributed by atoms with Crippen molar-refractivity contribution in [3.8, 4) is 0 Å². The van der Waals surface area contributed by atoms with Crippen LogP contribution in [0.15, 0.2) is 0 Å². The molecule has 0 aliphatic carbocycles. The van der Waals surface area contributed by atoms with Crippen molar-refractivity contribution in [2.24, 2.45) is 0 Å². The molecule has 3 atom stereocenters. The number of hydrogen-bond acceptors (Lipinski definition) is 4. The molecule has 58 heavy (non-hydrogen) atoms. The number of carbonyl (C=O) groups is 1. The number of rotatable bonds is 50. The summed E-state index contributed by atoms with van der Waals surface area (Å²) in [6, 6.07) is -0.653. The molecule has 0 rings (SSSR count). The second-order valence-electron chi connectivity index (χ2n) is 18.9. The predicted octanol–water partition coefficient (Wildman–Crippen LogP) is 16.2. The lowest BCUT2D eigenvalue weighted by atomic mass is 10.0. The summed E-state index contributed by atoms with van der Waals surface area (Å²) < 4.78 is 0. The highest BCUT2D eigenvalue weighted by Gasteiger charge is 2.21. The second kappa shape index (κ2) is 49.0. The summed E-state index contributed by atoms with van der Waals surface area (Å²) in [5.41, 5.74) is 0. The number of amides is 1. The van der Waals surface area contributed by atoms with Crippen LogP contribution < -0.4 is 5.32 Å². The van der Waals surface area contributed by atoms with Gasteiger partial charge in [0.15, 0.2) is 0 Å². The van der Waals surface area contributed by atoms with Crippen LogP contribution in [0, 0.1) is 0 Å². The van der Waals surface area contributed by atoms with Crippen molar-refractivity contribution < 1.29 is 20.1 Å². The summed E-state index contributed by atoms with van der Waals surface area (Å²) in [6.45, 7) is 4.31. The molecule has 0 aromatic rings. The number of hydrogen-bond donors (Lipinski definition) is 4. The molecule has 0 heterocycles. The van der Waals surface area contributed by atoms with Crippen molar-refractivity contribution in [3.05, 3.63) is 0 Å². The zero-order valence-corrected chi connectivity index (χ0v) is 39.7. The van der Waals surface area contributed by atoms with Crippen LogP contribution in [-0.4, -0.2) is 46.1 Å². The van der Waals surface area contributed by atoms with Crippen molar-refractivity contribution >= 4 is 5.91 Å². The maximum absolute atomic E-state index is 12.5. The Hall–Kier alpha value is -0.650. The van der Waals surface area contributed by atoms with Gasteiger partial charge in [-0.15, -0.1) is 0 Å². The van der Waals surface area contributed by atoms with Crippen molar-refractivity contribution in [2.45, 2.75) is 327 Å². The van der Waals surface area contributed by atoms with E-state index in [1.165, 1.54) is 250 Å². The Labute approximate surface area is 364 Å². The van der Waals surface area contributed by atoms with Crippen molar-refractivity contribution in [3.63, 3.8) is 0 Å². The highest BCUT2D eigenvalue weighted by atomic mass is 16.3. The van der Waals surface area contributed by atoms with Gasteiger partial charge in [-0.05, 0) is 12.8 Å². The molecule has 4 N–H and O–H groups in total. The Morgan fingerprint density at radius 3 is 0.828 bits per heavy atom. The fourth-order valence-electron chi connectivity index (χ4n) is 8.82. The molecule has 0 fully saturated rings. The van der Waals surface area contributed by atoms with Crippen LogP contribution in [0.4, 0.5) is 0 Å². The quantitative estimate of drug-likeness (QED) is 0.0460. The Morgan fingerprint density at radius 1 is 0.362 bits per heavy atom. The van der Waals surface area contributed by atoms with Gasteiger partial charge < -0.3 is 20.6 Å². The van der Waals surface area contributed by atoms with Gasteiger partial charge in [0.25, 0.3) is 0 Å². The minimum Gasteiger partial charge on any atom is -0.394 e. The van der Waals surface area contributed by atoms with E-state index in [1.54, 1.807) is 0 Å². The third-order valence-corrected chi connectivity index (χ3v) is 12.9. The first-order valence-electron chi connectivity index (χ1n) is 26.8. The zero-order chi connectivity index (χ0) is 42.3. The van der Waals surface area contributed by atoms with Crippen LogP contribution >= 0.6 is 0 Å². The monoisotopic (exact) mass is 822 g/mol. The van der Waals surface area contributed by atoms with Crippen LogP contribution in [-0.2, 0) is 4.79 Å². The SMILES string of the molecule is CCCCCCCCCCCCCCCCCCCCCCCCCC(O)CC(=O)NC(CO)C(O)CCCCCCCCCCCCCCCCCCCCCC. The second-order valence-corrected chi connectivity index (χ2v) is 18.9. The van der Waals surface area contributed by atoms with Crippen LogP contribution in [0.5, 0.6) is 0 Å². The van der Waals surface area contributed by atoms with E-state index in [-0.39, 0.29) is 18.9 Å². The predicted molar refractivity (Wildman–Crippen MR) is 255 cm³/mol. The smallest absolute Gasteiger partial charge is 0.222 e. The number of nitrogens with one attached hydrogen (secondary N) is 1. The van der Waals surface area contributed by atoms with E-state index >= 15 is 0 Å². The van der Waals surface area contributed by atoms with E-state index in [1.807, 2.05) is 0 Å². The summed E-state index contributed by atoms with van der Waals surface area (Å²) in [5, 5.41) is 33.6. The molecule has 0 spiro atoms. The Morgan fingerprint density at radius 2 is 0.586 bits per heavy atom. The van der Waals surface area contributed by atoms with E-state index in [0.29, 0.717) is 12.8 Å². The molecule has 0 aromatic heterocycles. The molecule has 0 saturated heterocycles. The van der Waals surface area contributed by atoms with E-state index < -0.39 is 18.2 Å². The van der Waals surface area contributed by atoms with Gasteiger partial charge >= 0.3 is 0 Å². The lowest BCUT2D eigenvalue weighted by Gasteiger charge is -2.23. The standard InChI is InChI=1S/C53H107NO4/c1-3-5-7-9-11-13-15-17-19-21-23-25-26-27-28-30-32-34-36-38-40-42-44-46-50(56)48-53(58)54-51(49-55)52(57)47-45-43-41-39-37-35-33-31-29-24-22-20-18-16-14-12-10-8-6-4-2/h50-52,55-57H,3-49H2,1-2H3,(H,54,58). The van der Waals surface area contributed by atoms with Crippen molar-refractivity contribution in [2.75, 3.05) is 6.61 Å². The van der Waals surface area contributed by atoms with Gasteiger partial charge in [-0.1, -0.05) is 290 Å². The molecule has 3 unspecified atom stereocenters. The minimum atomic E-state index is -0.745. The Bertz CT molecular complexity index is 777. The Balaban J connectivity index is 3.51. The molecule has 0 radical (unpaired) electrons. The average Bonchev–Trinajstić information content (AvgIpc) is 3.22. The molecule has 1 amide bonds. The highest BCUT2D eigenvalue weighted by Crippen LogP contribution is 2.18. The maximum atomic E-state index is 12.5. The first-order valence-corrected chi connectivity index (χ1v) is 26.8. The van der Waals surface area contributed by atoms with Gasteiger partial charge in [-0.25, -0.2) is 0 Å². The van der Waals surface area contributed by atoms with E-state index in [0.717, 1.165) is 25.7 Å². The van der Waals surface area contributed by atoms with Crippen LogP contribution in [0.25, 0.3) is 0 Å². The van der Waals surface area contributed by atoms with Crippen LogP contribution in [0.3, 0.4) is 0 Å². The first kappa shape index (κ1) is 57.3. The fourth-order valence-corrected chi connectivity index (χ4v) is 8.82. The lowest BCUT2D eigenvalue weighted by molar-refractivity contribution is -0.125. The van der Waals surface area contributed by atoms with Gasteiger partial charge in [0.2, 0.25) is 5.91 Å². The van der Waals surface area contributed by atoms with Gasteiger partial charge in [0, 0.05) is 0 Å². The van der Waals surface area contributed by atoms with Gasteiger partial charge in [-0.2, -0.15) is 0 Å². The summed E-state index contributed by atoms with van der Waals surface area (Å²) in [4.78, 5) is 12.5. The van der Waals surface area contributed by atoms with E-state index in [9.17, 15) is 20.1 Å². The fraction of sp³-hybridized carbons (Fsp3) is 0.981. The summed E-state index contributed by atoms with van der Waals surface area (Å²) in [5.74, 6) is -0.275. The molecule has 0 aliphatic rings. The summed E-state index contributed by atoms with van der Waals surface area (Å²) in [7, 11) is 0. The molecule has 5 heteroatoms. The molecule has 5 nitrogen and oxygen atoms in total. The number of aliphatic hydroxyl groups is 3. The average molecular weight is 822 g/mol. The van der Waals surface area contributed by atoms with Crippen molar-refractivity contribution in [1.82, 2.24) is 5.32 Å². The van der Waals surface area contributed by atoms with E-state index in [2.05, 4.69) is 19.2 Å². The van der Waals surface area contributed by atoms with Gasteiger partial charge in [0.05, 0.1) is 31.3 Å². The maximum Gasteiger partial charge on any atom is 0.222 e. The molecule has 0 aromatic carbocycles. The van der Waals surface area contributed by atoms with E-state index in [4.69, 9.17) is 0 Å². The van der Waals surface area contributed by atoms with Crippen molar-refractivity contribution in [1.29, 1.82) is 0 Å². The van der Waals surface area contributed by atoms with Crippen LogP contribution in [0.1, 0.15) is 309 Å². The molecule has 348 valence electrons. The zero-order valence-electron chi connectivity index (χ0n) is 39.7. The molecular weight excluding hydrogens is 715 g/mol. The van der Waals surface area contributed by atoms with Gasteiger partial charge in [-0.3, -0.25) is 4.79 Å². The third kappa shape index (κ3) is 44.9. The highest BCUT2D eigenvalue weighted by molar-refractivity contribution is 5.76. The Kier molecular flexibility index (Phi) is 48.5.